The molecule has 172 valence electrons. The predicted molar refractivity (Wildman–Crippen MR) is 130 cm³/mol. The number of amides is 2. The number of thiophene rings is 1. The van der Waals surface area contributed by atoms with Crippen LogP contribution in [0.2, 0.25) is 5.02 Å². The third kappa shape index (κ3) is 4.32. The van der Waals surface area contributed by atoms with Gasteiger partial charge < -0.3 is 10.2 Å². The number of aromatic nitrogens is 2. The Morgan fingerprint density at radius 1 is 1.21 bits per heavy atom. The summed E-state index contributed by atoms with van der Waals surface area (Å²) >= 11 is 7.64. The summed E-state index contributed by atoms with van der Waals surface area (Å²) in [6.45, 7) is 2.49. The van der Waals surface area contributed by atoms with Gasteiger partial charge in [0.15, 0.2) is 0 Å². The van der Waals surface area contributed by atoms with Gasteiger partial charge >= 0.3 is 0 Å². The van der Waals surface area contributed by atoms with Crippen molar-refractivity contribution in [3.63, 3.8) is 0 Å². The van der Waals surface area contributed by atoms with Crippen LogP contribution < -0.4 is 5.32 Å². The number of halogens is 1. The van der Waals surface area contributed by atoms with Crippen molar-refractivity contribution in [1.29, 1.82) is 0 Å². The van der Waals surface area contributed by atoms with E-state index in [9.17, 15) is 9.59 Å². The molecule has 0 spiro atoms. The first-order chi connectivity index (χ1) is 15.9. The summed E-state index contributed by atoms with van der Waals surface area (Å²) in [7, 11) is 0. The molecule has 1 aliphatic carbocycles. The zero-order chi connectivity index (χ0) is 23.0. The Labute approximate surface area is 202 Å². The molecule has 33 heavy (non-hydrogen) atoms. The fourth-order valence-corrected chi connectivity index (χ4v) is 5.60. The van der Waals surface area contributed by atoms with Crippen molar-refractivity contribution in [3.05, 3.63) is 64.1 Å². The number of hydrogen-bond acceptors (Lipinski definition) is 4. The maximum absolute atomic E-state index is 13.7. The van der Waals surface area contributed by atoms with E-state index in [4.69, 9.17) is 16.7 Å². The molecule has 0 saturated heterocycles. The Bertz CT molecular complexity index is 1150. The molecule has 2 aromatic heterocycles. The van der Waals surface area contributed by atoms with Crippen molar-refractivity contribution >= 4 is 34.8 Å². The average Bonchev–Trinajstić information content (AvgIpc) is 3.48. The van der Waals surface area contributed by atoms with E-state index in [1.807, 2.05) is 54.8 Å². The first kappa shape index (κ1) is 22.2. The molecule has 8 heteroatoms. The van der Waals surface area contributed by atoms with Gasteiger partial charge in [-0.15, -0.1) is 11.3 Å². The monoisotopic (exact) mass is 482 g/mol. The lowest BCUT2D eigenvalue weighted by molar-refractivity contribution is -0.134. The molecule has 6 nitrogen and oxygen atoms in total. The number of nitrogens with zero attached hydrogens (tertiary/aromatic N) is 3. The molecular weight excluding hydrogens is 456 g/mol. The zero-order valence-electron chi connectivity index (χ0n) is 18.6. The van der Waals surface area contributed by atoms with Crippen molar-refractivity contribution in [3.8, 4) is 10.6 Å². The minimum absolute atomic E-state index is 0.115. The summed E-state index contributed by atoms with van der Waals surface area (Å²) in [4.78, 5) is 30.1. The first-order valence-corrected chi connectivity index (χ1v) is 12.7. The van der Waals surface area contributed by atoms with Gasteiger partial charge in [-0.2, -0.15) is 5.10 Å². The molecule has 0 bridgehead atoms. The highest BCUT2D eigenvalue weighted by Gasteiger charge is 2.48. The lowest BCUT2D eigenvalue weighted by atomic mass is 9.91. The first-order valence-electron chi connectivity index (χ1n) is 11.4. The Hall–Kier alpha value is -2.64. The van der Waals surface area contributed by atoms with Crippen LogP contribution in [0.15, 0.2) is 47.8 Å². The molecule has 1 saturated carbocycles. The van der Waals surface area contributed by atoms with Crippen LogP contribution in [-0.4, -0.2) is 38.1 Å². The lowest BCUT2D eigenvalue weighted by Crippen LogP contribution is -2.64. The molecule has 1 N–H and O–H groups in total. The van der Waals surface area contributed by atoms with E-state index in [0.717, 1.165) is 41.8 Å². The molecule has 0 radical (unpaired) electrons. The van der Waals surface area contributed by atoms with Crippen molar-refractivity contribution in [2.24, 2.45) is 0 Å². The van der Waals surface area contributed by atoms with Crippen LogP contribution in [0.5, 0.6) is 0 Å². The van der Waals surface area contributed by atoms with Crippen molar-refractivity contribution in [2.45, 2.75) is 63.7 Å². The highest BCUT2D eigenvalue weighted by molar-refractivity contribution is 7.13. The van der Waals surface area contributed by atoms with Gasteiger partial charge in [0.05, 0.1) is 11.4 Å². The Kier molecular flexibility index (Phi) is 6.01. The molecular formula is C25H27ClN4O2S. The third-order valence-electron chi connectivity index (χ3n) is 6.75. The Balaban J connectivity index is 1.50. The number of carbonyl (C=O) groups excluding carboxylic acids is 2. The summed E-state index contributed by atoms with van der Waals surface area (Å²) in [5.41, 5.74) is 1.14. The van der Waals surface area contributed by atoms with E-state index < -0.39 is 5.54 Å². The van der Waals surface area contributed by atoms with Gasteiger partial charge in [0, 0.05) is 17.6 Å². The van der Waals surface area contributed by atoms with Gasteiger partial charge in [-0.05, 0) is 55.0 Å². The third-order valence-corrected chi connectivity index (χ3v) is 7.90. The van der Waals surface area contributed by atoms with Crippen LogP contribution >= 0.6 is 22.9 Å². The highest BCUT2D eigenvalue weighted by atomic mass is 35.5. The molecule has 1 fully saturated rings. The molecule has 3 aromatic rings. The van der Waals surface area contributed by atoms with Gasteiger partial charge in [-0.25, -0.2) is 0 Å². The zero-order valence-corrected chi connectivity index (χ0v) is 20.2. The summed E-state index contributed by atoms with van der Waals surface area (Å²) < 4.78 is 1.70. The second-order valence-corrected chi connectivity index (χ2v) is 10.5. The SMILES string of the molecule is CC1(C(=O)NC2CCCCC2)Cn2nc(-c3cccs3)cc2C(=O)N1Cc1ccc(Cl)cc1. The number of carbonyl (C=O) groups is 2. The maximum atomic E-state index is 13.7. The highest BCUT2D eigenvalue weighted by Crippen LogP contribution is 2.33. The normalized spacial score (nSPS) is 21.2. The second kappa shape index (κ2) is 8.95. The van der Waals surface area contributed by atoms with Crippen molar-refractivity contribution in [1.82, 2.24) is 20.0 Å². The van der Waals surface area contributed by atoms with Crippen LogP contribution in [0.1, 0.15) is 55.1 Å². The van der Waals surface area contributed by atoms with Crippen LogP contribution in [0.4, 0.5) is 0 Å². The van der Waals surface area contributed by atoms with E-state index in [2.05, 4.69) is 5.32 Å². The van der Waals surface area contributed by atoms with Gasteiger partial charge in [0.2, 0.25) is 5.91 Å². The van der Waals surface area contributed by atoms with E-state index in [1.54, 1.807) is 20.9 Å². The molecule has 5 rings (SSSR count). The van der Waals surface area contributed by atoms with E-state index in [1.165, 1.54) is 6.42 Å². The minimum atomic E-state index is -1.06. The van der Waals surface area contributed by atoms with Gasteiger partial charge in [-0.3, -0.25) is 14.3 Å². The predicted octanol–water partition coefficient (Wildman–Crippen LogP) is 5.13. The molecule has 1 aliphatic heterocycles. The van der Waals surface area contributed by atoms with Crippen molar-refractivity contribution < 1.29 is 9.59 Å². The summed E-state index contributed by atoms with van der Waals surface area (Å²) in [5, 5.41) is 10.6. The van der Waals surface area contributed by atoms with Gasteiger partial charge in [0.25, 0.3) is 5.91 Å². The van der Waals surface area contributed by atoms with E-state index in [-0.39, 0.29) is 17.9 Å². The Morgan fingerprint density at radius 3 is 2.67 bits per heavy atom. The summed E-state index contributed by atoms with van der Waals surface area (Å²) in [6.07, 6.45) is 5.45. The molecule has 2 amide bonds. The average molecular weight is 483 g/mol. The molecule has 1 atom stereocenters. The maximum Gasteiger partial charge on any atom is 0.273 e. The summed E-state index contributed by atoms with van der Waals surface area (Å²) in [5.74, 6) is -0.302. The lowest BCUT2D eigenvalue weighted by Gasteiger charge is -2.44. The van der Waals surface area contributed by atoms with Crippen LogP contribution in [0.25, 0.3) is 10.6 Å². The van der Waals surface area contributed by atoms with Gasteiger partial charge in [-0.1, -0.05) is 49.1 Å². The number of fused-ring (bicyclic) bond motifs is 1. The standard InChI is InChI=1S/C25H27ClN4O2S/c1-25(24(32)27-19-6-3-2-4-7-19)16-30-21(14-20(28-30)22-8-5-13-33-22)23(31)29(25)15-17-9-11-18(26)12-10-17/h5,8-14,19H,2-4,6-7,15-16H2,1H3,(H,27,32). The molecule has 1 unspecified atom stereocenters. The van der Waals surface area contributed by atoms with Crippen molar-refractivity contribution in [2.75, 3.05) is 0 Å². The number of benzene rings is 1. The second-order valence-electron chi connectivity index (χ2n) is 9.15. The molecule has 2 aliphatic rings. The number of nitrogens with one attached hydrogen (secondary N) is 1. The van der Waals surface area contributed by atoms with Gasteiger partial charge in [0.1, 0.15) is 16.9 Å². The van der Waals surface area contributed by atoms with Crippen LogP contribution in [0.3, 0.4) is 0 Å². The van der Waals surface area contributed by atoms with E-state index >= 15 is 0 Å². The summed E-state index contributed by atoms with van der Waals surface area (Å²) in [6, 6.07) is 13.4. The fourth-order valence-electron chi connectivity index (χ4n) is 4.79. The van der Waals surface area contributed by atoms with E-state index in [0.29, 0.717) is 23.8 Å². The quantitative estimate of drug-likeness (QED) is 0.548. The Morgan fingerprint density at radius 2 is 1.97 bits per heavy atom. The molecule has 3 heterocycles. The molecule has 1 aromatic carbocycles. The number of hydrogen-bond donors (Lipinski definition) is 1. The number of rotatable bonds is 5. The largest absolute Gasteiger partial charge is 0.351 e. The van der Waals surface area contributed by atoms with Crippen LogP contribution in [0, 0.1) is 0 Å². The topological polar surface area (TPSA) is 67.2 Å². The minimum Gasteiger partial charge on any atom is -0.351 e. The van der Waals surface area contributed by atoms with Crippen LogP contribution in [-0.2, 0) is 17.9 Å². The smallest absolute Gasteiger partial charge is 0.273 e. The fraction of sp³-hybridized carbons (Fsp3) is 0.400.